The van der Waals surface area contributed by atoms with Crippen LogP contribution in [0.25, 0.3) is 4.96 Å². The zero-order valence-electron chi connectivity index (χ0n) is 10.6. The molecule has 102 valence electrons. The van der Waals surface area contributed by atoms with E-state index in [9.17, 15) is 9.90 Å². The van der Waals surface area contributed by atoms with E-state index in [0.29, 0.717) is 30.5 Å². The number of fused-ring (bicyclic) bond motifs is 1. The number of hydrogen-bond acceptors (Lipinski definition) is 5. The van der Waals surface area contributed by atoms with Crippen molar-refractivity contribution in [3.05, 3.63) is 17.3 Å². The number of morpholine rings is 1. The maximum absolute atomic E-state index is 11.5. The molecular formula is C12H15N3O3S. The van der Waals surface area contributed by atoms with E-state index in [-0.39, 0.29) is 11.8 Å². The Morgan fingerprint density at radius 3 is 3.26 bits per heavy atom. The number of carbonyl (C=O) groups is 1. The normalized spacial score (nSPS) is 20.1. The molecule has 0 radical (unpaired) electrons. The van der Waals surface area contributed by atoms with Crippen LogP contribution in [0.5, 0.6) is 0 Å². The van der Waals surface area contributed by atoms with Crippen LogP contribution in [0.2, 0.25) is 0 Å². The Morgan fingerprint density at radius 1 is 1.68 bits per heavy atom. The van der Waals surface area contributed by atoms with E-state index in [4.69, 9.17) is 4.74 Å². The molecular weight excluding hydrogens is 266 g/mol. The summed E-state index contributed by atoms with van der Waals surface area (Å²) in [6, 6.07) is 0. The third-order valence-corrected chi connectivity index (χ3v) is 4.10. The SMILES string of the molecule is CCC1CN(c2nc3sccn3c2C(=O)O)CCO1. The molecule has 1 aliphatic rings. The molecule has 1 atom stereocenters. The van der Waals surface area contributed by atoms with Crippen molar-refractivity contribution in [2.24, 2.45) is 0 Å². The van der Waals surface area contributed by atoms with Gasteiger partial charge in [-0.15, -0.1) is 11.3 Å². The Kier molecular flexibility index (Phi) is 3.16. The molecule has 0 amide bonds. The molecule has 0 spiro atoms. The molecule has 1 saturated heterocycles. The zero-order valence-corrected chi connectivity index (χ0v) is 11.4. The highest BCUT2D eigenvalue weighted by atomic mass is 32.1. The molecule has 0 bridgehead atoms. The van der Waals surface area contributed by atoms with Gasteiger partial charge in [0.2, 0.25) is 0 Å². The third-order valence-electron chi connectivity index (χ3n) is 3.34. The molecule has 3 rings (SSSR count). The quantitative estimate of drug-likeness (QED) is 0.927. The average Bonchev–Trinajstić information content (AvgIpc) is 2.98. The zero-order chi connectivity index (χ0) is 13.4. The van der Waals surface area contributed by atoms with Crippen LogP contribution in [-0.4, -0.2) is 46.3 Å². The fraction of sp³-hybridized carbons (Fsp3) is 0.500. The second-order valence-electron chi connectivity index (χ2n) is 4.49. The van der Waals surface area contributed by atoms with Gasteiger partial charge in [0.25, 0.3) is 0 Å². The lowest BCUT2D eigenvalue weighted by atomic mass is 10.2. The monoisotopic (exact) mass is 281 g/mol. The minimum absolute atomic E-state index is 0.148. The molecule has 0 aromatic carbocycles. The number of imidazole rings is 1. The summed E-state index contributed by atoms with van der Waals surface area (Å²) in [7, 11) is 0. The number of carboxylic acid groups (broad SMARTS) is 1. The van der Waals surface area contributed by atoms with Crippen molar-refractivity contribution in [3.63, 3.8) is 0 Å². The van der Waals surface area contributed by atoms with Crippen LogP contribution in [0.15, 0.2) is 11.6 Å². The fourth-order valence-electron chi connectivity index (χ4n) is 2.35. The van der Waals surface area contributed by atoms with Crippen LogP contribution in [0.1, 0.15) is 23.8 Å². The standard InChI is InChI=1S/C12H15N3O3S/c1-2-8-7-14(3-5-18-8)10-9(11(16)17)15-4-6-19-12(15)13-10/h4,6,8H,2-3,5,7H2,1H3,(H,16,17). The third kappa shape index (κ3) is 2.08. The van der Waals surface area contributed by atoms with Gasteiger partial charge >= 0.3 is 5.97 Å². The lowest BCUT2D eigenvalue weighted by molar-refractivity contribution is 0.0379. The predicted molar refractivity (Wildman–Crippen MR) is 72.3 cm³/mol. The van der Waals surface area contributed by atoms with Gasteiger partial charge in [-0.2, -0.15) is 0 Å². The van der Waals surface area contributed by atoms with Crippen LogP contribution in [0, 0.1) is 0 Å². The Balaban J connectivity index is 2.01. The number of aromatic carboxylic acids is 1. The maximum Gasteiger partial charge on any atom is 0.356 e. The number of anilines is 1. The molecule has 6 nitrogen and oxygen atoms in total. The number of hydrogen-bond donors (Lipinski definition) is 1. The molecule has 2 aromatic rings. The second kappa shape index (κ2) is 4.82. The first-order valence-corrected chi connectivity index (χ1v) is 7.14. The summed E-state index contributed by atoms with van der Waals surface area (Å²) in [6.45, 7) is 4.06. The van der Waals surface area contributed by atoms with Crippen molar-refractivity contribution in [3.8, 4) is 0 Å². The van der Waals surface area contributed by atoms with Gasteiger partial charge < -0.3 is 14.7 Å². The van der Waals surface area contributed by atoms with Crippen molar-refractivity contribution in [1.29, 1.82) is 0 Å². The van der Waals surface area contributed by atoms with Gasteiger partial charge in [0, 0.05) is 24.7 Å². The van der Waals surface area contributed by atoms with Gasteiger partial charge in [-0.25, -0.2) is 9.78 Å². The fourth-order valence-corrected chi connectivity index (χ4v) is 3.06. The summed E-state index contributed by atoms with van der Waals surface area (Å²) in [5.41, 5.74) is 0.244. The topological polar surface area (TPSA) is 67.1 Å². The highest BCUT2D eigenvalue weighted by Gasteiger charge is 2.27. The first kappa shape index (κ1) is 12.4. The van der Waals surface area contributed by atoms with Crippen molar-refractivity contribution in [2.75, 3.05) is 24.6 Å². The van der Waals surface area contributed by atoms with Gasteiger partial charge in [-0.05, 0) is 6.42 Å². The number of carboxylic acids is 1. The number of aromatic nitrogens is 2. The molecule has 7 heteroatoms. The number of thiazole rings is 1. The minimum atomic E-state index is -0.944. The average molecular weight is 281 g/mol. The van der Waals surface area contributed by atoms with Crippen LogP contribution in [0.4, 0.5) is 5.82 Å². The minimum Gasteiger partial charge on any atom is -0.476 e. The van der Waals surface area contributed by atoms with Crippen LogP contribution < -0.4 is 4.90 Å². The van der Waals surface area contributed by atoms with E-state index in [1.807, 2.05) is 10.3 Å². The Morgan fingerprint density at radius 2 is 2.53 bits per heavy atom. The molecule has 1 aliphatic heterocycles. The lowest BCUT2D eigenvalue weighted by Gasteiger charge is -2.32. The largest absolute Gasteiger partial charge is 0.476 e. The van der Waals surface area contributed by atoms with Crippen LogP contribution in [-0.2, 0) is 4.74 Å². The van der Waals surface area contributed by atoms with Gasteiger partial charge in [0.15, 0.2) is 16.5 Å². The smallest absolute Gasteiger partial charge is 0.356 e. The first-order chi connectivity index (χ1) is 9.20. The molecule has 0 saturated carbocycles. The summed E-state index contributed by atoms with van der Waals surface area (Å²) in [6.07, 6.45) is 2.81. The van der Waals surface area contributed by atoms with Crippen LogP contribution in [0.3, 0.4) is 0 Å². The van der Waals surface area contributed by atoms with Crippen LogP contribution >= 0.6 is 11.3 Å². The summed E-state index contributed by atoms with van der Waals surface area (Å²) >= 11 is 1.44. The van der Waals surface area contributed by atoms with Gasteiger partial charge in [-0.1, -0.05) is 6.92 Å². The van der Waals surface area contributed by atoms with Gasteiger partial charge in [0.05, 0.1) is 12.7 Å². The highest BCUT2D eigenvalue weighted by molar-refractivity contribution is 7.15. The van der Waals surface area contributed by atoms with Crippen molar-refractivity contribution >= 4 is 28.1 Å². The first-order valence-electron chi connectivity index (χ1n) is 6.26. The van der Waals surface area contributed by atoms with E-state index < -0.39 is 5.97 Å². The van der Waals surface area contributed by atoms with Crippen molar-refractivity contribution in [2.45, 2.75) is 19.4 Å². The summed E-state index contributed by atoms with van der Waals surface area (Å²) in [5.74, 6) is -0.387. The summed E-state index contributed by atoms with van der Waals surface area (Å²) in [5, 5.41) is 11.3. The molecule has 1 unspecified atom stereocenters. The lowest BCUT2D eigenvalue weighted by Crippen LogP contribution is -2.43. The highest BCUT2D eigenvalue weighted by Crippen LogP contribution is 2.26. The molecule has 0 aliphatic carbocycles. The summed E-state index contributed by atoms with van der Waals surface area (Å²) in [4.78, 5) is 18.7. The summed E-state index contributed by atoms with van der Waals surface area (Å²) < 4.78 is 7.25. The molecule has 1 fully saturated rings. The molecule has 1 N–H and O–H groups in total. The van der Waals surface area contributed by atoms with Crippen molar-refractivity contribution < 1.29 is 14.6 Å². The molecule has 3 heterocycles. The predicted octanol–water partition coefficient (Wildman–Crippen LogP) is 1.71. The van der Waals surface area contributed by atoms with Gasteiger partial charge in [-0.3, -0.25) is 4.40 Å². The van der Waals surface area contributed by atoms with Gasteiger partial charge in [0.1, 0.15) is 0 Å². The number of rotatable bonds is 3. The Bertz CT molecular complexity index is 606. The van der Waals surface area contributed by atoms with E-state index in [2.05, 4.69) is 11.9 Å². The Hall–Kier alpha value is -1.60. The maximum atomic E-state index is 11.5. The van der Waals surface area contributed by atoms with E-state index >= 15 is 0 Å². The number of nitrogens with zero attached hydrogens (tertiary/aromatic N) is 3. The molecule has 19 heavy (non-hydrogen) atoms. The van der Waals surface area contributed by atoms with E-state index in [1.54, 1.807) is 10.6 Å². The van der Waals surface area contributed by atoms with E-state index in [0.717, 1.165) is 6.42 Å². The van der Waals surface area contributed by atoms with Crippen molar-refractivity contribution in [1.82, 2.24) is 9.38 Å². The van der Waals surface area contributed by atoms with E-state index in [1.165, 1.54) is 11.3 Å². The molecule has 2 aromatic heterocycles. The second-order valence-corrected chi connectivity index (χ2v) is 5.36. The number of ether oxygens (including phenoxy) is 1. The Labute approximate surface area is 114 Å².